The van der Waals surface area contributed by atoms with Crippen LogP contribution in [0.5, 0.6) is 11.5 Å². The summed E-state index contributed by atoms with van der Waals surface area (Å²) in [6.07, 6.45) is 0.277. The lowest BCUT2D eigenvalue weighted by molar-refractivity contribution is -0.384. The first-order chi connectivity index (χ1) is 13.9. The number of ether oxygens (including phenoxy) is 2. The van der Waals surface area contributed by atoms with Gasteiger partial charge in [-0.2, -0.15) is 0 Å². The molecule has 9 heteroatoms. The van der Waals surface area contributed by atoms with Crippen LogP contribution in [-0.2, 0) is 16.0 Å². The van der Waals surface area contributed by atoms with Crippen LogP contribution < -0.4 is 19.7 Å². The van der Waals surface area contributed by atoms with Gasteiger partial charge in [-0.1, -0.05) is 12.1 Å². The second-order valence-corrected chi connectivity index (χ2v) is 6.61. The number of nitrogens with zero attached hydrogens (tertiary/aromatic N) is 2. The van der Waals surface area contributed by atoms with E-state index < -0.39 is 4.92 Å². The summed E-state index contributed by atoms with van der Waals surface area (Å²) >= 11 is 0. The highest BCUT2D eigenvalue weighted by Crippen LogP contribution is 2.33. The fourth-order valence-electron chi connectivity index (χ4n) is 3.25. The van der Waals surface area contributed by atoms with E-state index in [9.17, 15) is 19.7 Å². The van der Waals surface area contributed by atoms with Gasteiger partial charge in [-0.3, -0.25) is 19.7 Å². The van der Waals surface area contributed by atoms with Gasteiger partial charge >= 0.3 is 0 Å². The van der Waals surface area contributed by atoms with Gasteiger partial charge in [-0.25, -0.2) is 0 Å². The van der Waals surface area contributed by atoms with E-state index in [0.717, 1.165) is 0 Å². The van der Waals surface area contributed by atoms with Crippen LogP contribution in [0.4, 0.5) is 11.4 Å². The molecule has 0 aromatic heterocycles. The Morgan fingerprint density at radius 3 is 2.48 bits per heavy atom. The summed E-state index contributed by atoms with van der Waals surface area (Å²) in [5.74, 6) is 0.739. The number of hydrogen-bond donors (Lipinski definition) is 1. The van der Waals surface area contributed by atoms with E-state index in [4.69, 9.17) is 9.47 Å². The summed E-state index contributed by atoms with van der Waals surface area (Å²) in [5.41, 5.74) is 1.30. The summed E-state index contributed by atoms with van der Waals surface area (Å²) in [5, 5.41) is 13.5. The summed E-state index contributed by atoms with van der Waals surface area (Å²) in [6, 6.07) is 10.7. The van der Waals surface area contributed by atoms with Gasteiger partial charge < -0.3 is 19.7 Å². The minimum atomic E-state index is -0.489. The van der Waals surface area contributed by atoms with E-state index in [0.29, 0.717) is 29.3 Å². The number of nitro groups is 1. The van der Waals surface area contributed by atoms with E-state index >= 15 is 0 Å². The maximum Gasteiger partial charge on any atom is 0.269 e. The van der Waals surface area contributed by atoms with Gasteiger partial charge in [0.15, 0.2) is 11.5 Å². The Bertz CT molecular complexity index is 928. The number of anilines is 1. The lowest BCUT2D eigenvalue weighted by atomic mass is 10.1. The molecule has 0 saturated carbocycles. The molecule has 29 heavy (non-hydrogen) atoms. The molecule has 1 heterocycles. The lowest BCUT2D eigenvalue weighted by Crippen LogP contribution is -2.38. The van der Waals surface area contributed by atoms with Crippen molar-refractivity contribution in [3.63, 3.8) is 0 Å². The number of amides is 2. The van der Waals surface area contributed by atoms with E-state index in [1.807, 2.05) is 0 Å². The molecule has 3 rings (SSSR count). The van der Waals surface area contributed by atoms with Crippen LogP contribution in [0.25, 0.3) is 0 Å². The zero-order valence-electron chi connectivity index (χ0n) is 16.1. The minimum absolute atomic E-state index is 0.0268. The van der Waals surface area contributed by atoms with Crippen molar-refractivity contribution in [2.45, 2.75) is 18.9 Å². The Morgan fingerprint density at radius 2 is 1.86 bits per heavy atom. The lowest BCUT2D eigenvalue weighted by Gasteiger charge is -2.19. The molecule has 0 bridgehead atoms. The van der Waals surface area contributed by atoms with E-state index in [-0.39, 0.29) is 36.4 Å². The zero-order valence-corrected chi connectivity index (χ0v) is 16.1. The van der Waals surface area contributed by atoms with Gasteiger partial charge in [0, 0.05) is 36.9 Å². The molecule has 2 aromatic carbocycles. The third-order valence-corrected chi connectivity index (χ3v) is 4.68. The highest BCUT2D eigenvalue weighted by molar-refractivity contribution is 5.97. The normalized spacial score (nSPS) is 15.9. The molecule has 0 spiro atoms. The van der Waals surface area contributed by atoms with Crippen molar-refractivity contribution in [2.24, 2.45) is 0 Å². The fourth-order valence-corrected chi connectivity index (χ4v) is 3.25. The number of benzene rings is 2. The molecular formula is C20H21N3O6. The predicted octanol–water partition coefficient (Wildman–Crippen LogP) is 2.08. The van der Waals surface area contributed by atoms with Gasteiger partial charge in [0.2, 0.25) is 11.8 Å². The standard InChI is InChI=1S/C20H21N3O6/c1-28-17-8-7-16(11-18(17)29-2)22-12-14(10-20(22)25)21-19(24)9-13-3-5-15(6-4-13)23(26)27/h3-8,11,14H,9-10,12H2,1-2H3,(H,21,24)/t14-/m0/s1. The SMILES string of the molecule is COc1ccc(N2C[C@@H](NC(=O)Cc3ccc([N+](=O)[O-])cc3)CC2=O)cc1OC. The van der Waals surface area contributed by atoms with Gasteiger partial charge in [0.25, 0.3) is 5.69 Å². The topological polar surface area (TPSA) is 111 Å². The van der Waals surface area contributed by atoms with Gasteiger partial charge in [0.1, 0.15) is 0 Å². The van der Waals surface area contributed by atoms with Crippen LogP contribution in [0, 0.1) is 10.1 Å². The minimum Gasteiger partial charge on any atom is -0.493 e. The van der Waals surface area contributed by atoms with Gasteiger partial charge in [0.05, 0.1) is 31.6 Å². The molecular weight excluding hydrogens is 378 g/mol. The van der Waals surface area contributed by atoms with Crippen molar-refractivity contribution < 1.29 is 24.0 Å². The Balaban J connectivity index is 1.61. The molecule has 1 aliphatic rings. The predicted molar refractivity (Wildman–Crippen MR) is 105 cm³/mol. The van der Waals surface area contributed by atoms with Crippen molar-refractivity contribution in [3.8, 4) is 11.5 Å². The average molecular weight is 399 g/mol. The second kappa shape index (κ2) is 8.59. The number of carbonyl (C=O) groups is 2. The smallest absolute Gasteiger partial charge is 0.269 e. The molecule has 152 valence electrons. The van der Waals surface area contributed by atoms with Crippen molar-refractivity contribution >= 4 is 23.2 Å². The summed E-state index contributed by atoms with van der Waals surface area (Å²) in [7, 11) is 3.06. The van der Waals surface area contributed by atoms with Crippen molar-refractivity contribution in [2.75, 3.05) is 25.7 Å². The number of non-ortho nitro benzene ring substituents is 1. The number of rotatable bonds is 7. The molecule has 9 nitrogen and oxygen atoms in total. The Hall–Kier alpha value is -3.62. The number of nitro benzene ring substituents is 1. The van der Waals surface area contributed by atoms with E-state index in [2.05, 4.69) is 5.32 Å². The first-order valence-corrected chi connectivity index (χ1v) is 8.96. The Labute approximate surface area is 167 Å². The quantitative estimate of drug-likeness (QED) is 0.564. The summed E-state index contributed by atoms with van der Waals surface area (Å²) in [6.45, 7) is 0.348. The van der Waals surface area contributed by atoms with E-state index in [1.165, 1.54) is 26.4 Å². The summed E-state index contributed by atoms with van der Waals surface area (Å²) in [4.78, 5) is 36.5. The van der Waals surface area contributed by atoms with Crippen LogP contribution in [0.3, 0.4) is 0 Å². The van der Waals surface area contributed by atoms with Crippen LogP contribution in [0.2, 0.25) is 0 Å². The third kappa shape index (κ3) is 4.63. The molecule has 0 radical (unpaired) electrons. The maximum absolute atomic E-state index is 12.4. The van der Waals surface area contributed by atoms with Crippen LogP contribution in [-0.4, -0.2) is 43.5 Å². The fraction of sp³-hybridized carbons (Fsp3) is 0.300. The molecule has 2 aromatic rings. The van der Waals surface area contributed by atoms with E-state index in [1.54, 1.807) is 35.2 Å². The molecule has 2 amide bonds. The molecule has 1 fully saturated rings. The average Bonchev–Trinajstić information content (AvgIpc) is 3.07. The van der Waals surface area contributed by atoms with Crippen molar-refractivity contribution in [1.29, 1.82) is 0 Å². The number of carbonyl (C=O) groups excluding carboxylic acids is 2. The summed E-state index contributed by atoms with van der Waals surface area (Å²) < 4.78 is 10.5. The molecule has 1 saturated heterocycles. The Kier molecular flexibility index (Phi) is 5.96. The highest BCUT2D eigenvalue weighted by Gasteiger charge is 2.32. The zero-order chi connectivity index (χ0) is 21.0. The largest absolute Gasteiger partial charge is 0.493 e. The maximum atomic E-state index is 12.4. The van der Waals surface area contributed by atoms with Crippen molar-refractivity contribution in [3.05, 3.63) is 58.1 Å². The second-order valence-electron chi connectivity index (χ2n) is 6.61. The van der Waals surface area contributed by atoms with Crippen molar-refractivity contribution in [1.82, 2.24) is 5.32 Å². The number of methoxy groups -OCH3 is 2. The number of hydrogen-bond acceptors (Lipinski definition) is 6. The van der Waals surface area contributed by atoms with Gasteiger partial charge in [-0.05, 0) is 17.7 Å². The van der Waals surface area contributed by atoms with Crippen LogP contribution in [0.1, 0.15) is 12.0 Å². The Morgan fingerprint density at radius 1 is 1.17 bits per heavy atom. The highest BCUT2D eigenvalue weighted by atomic mass is 16.6. The third-order valence-electron chi connectivity index (χ3n) is 4.68. The number of nitrogens with one attached hydrogen (secondary N) is 1. The first kappa shape index (κ1) is 20.1. The molecule has 1 N–H and O–H groups in total. The van der Waals surface area contributed by atoms with Crippen LogP contribution in [0.15, 0.2) is 42.5 Å². The van der Waals surface area contributed by atoms with Gasteiger partial charge in [-0.15, -0.1) is 0 Å². The molecule has 0 aliphatic carbocycles. The molecule has 1 atom stereocenters. The monoisotopic (exact) mass is 399 g/mol. The van der Waals surface area contributed by atoms with Crippen LogP contribution >= 0.6 is 0 Å². The molecule has 1 aliphatic heterocycles. The molecule has 0 unspecified atom stereocenters. The first-order valence-electron chi connectivity index (χ1n) is 8.96.